The van der Waals surface area contributed by atoms with Crippen LogP contribution in [0.2, 0.25) is 0 Å². The molecule has 2 amide bonds. The molecule has 4 rings (SSSR count). The molecule has 2 aliphatic heterocycles. The number of carbonyl (C=O) groups is 2. The third-order valence-electron chi connectivity index (χ3n) is 5.71. The molecule has 0 unspecified atom stereocenters. The lowest BCUT2D eigenvalue weighted by atomic mass is 9.95. The van der Waals surface area contributed by atoms with Crippen LogP contribution < -0.4 is 0 Å². The fraction of sp³-hybridized carbons (Fsp3) is 0.476. The summed E-state index contributed by atoms with van der Waals surface area (Å²) in [6.45, 7) is 1.98. The molecular formula is C21H26N6O2. The van der Waals surface area contributed by atoms with Crippen molar-refractivity contribution >= 4 is 17.5 Å². The average molecular weight is 394 g/mol. The summed E-state index contributed by atoms with van der Waals surface area (Å²) in [5, 5.41) is 14.1. The van der Waals surface area contributed by atoms with Gasteiger partial charge in [-0.1, -0.05) is 30.3 Å². The molecule has 29 heavy (non-hydrogen) atoms. The highest BCUT2D eigenvalue weighted by atomic mass is 16.2. The topological polar surface area (TPSA) is 83.7 Å². The number of likely N-dealkylation sites (tertiary alicyclic amines) is 1. The average Bonchev–Trinajstić information content (AvgIpc) is 3.42. The first-order chi connectivity index (χ1) is 14.1. The van der Waals surface area contributed by atoms with Gasteiger partial charge in [-0.3, -0.25) is 9.59 Å². The van der Waals surface area contributed by atoms with Gasteiger partial charge in [0.1, 0.15) is 12.2 Å². The first-order valence-electron chi connectivity index (χ1n) is 10.2. The summed E-state index contributed by atoms with van der Waals surface area (Å²) in [4.78, 5) is 26.9. The molecule has 1 saturated heterocycles. The largest absolute Gasteiger partial charge is 0.343 e. The minimum absolute atomic E-state index is 0.0428. The van der Waals surface area contributed by atoms with Gasteiger partial charge in [-0.05, 0) is 18.4 Å². The molecule has 0 atom stereocenters. The quantitative estimate of drug-likeness (QED) is 0.776. The van der Waals surface area contributed by atoms with E-state index in [1.54, 1.807) is 6.33 Å². The number of amides is 2. The van der Waals surface area contributed by atoms with Gasteiger partial charge in [-0.15, -0.1) is 10.2 Å². The van der Waals surface area contributed by atoms with Crippen LogP contribution in [0.4, 0.5) is 0 Å². The van der Waals surface area contributed by atoms with E-state index < -0.39 is 0 Å². The van der Waals surface area contributed by atoms with Crippen molar-refractivity contribution in [1.29, 1.82) is 0 Å². The number of benzene rings is 1. The molecule has 2 aliphatic rings. The Morgan fingerprint density at radius 1 is 1.03 bits per heavy atom. The van der Waals surface area contributed by atoms with E-state index in [1.165, 1.54) is 5.01 Å². The number of hydrogen-bond acceptors (Lipinski definition) is 5. The second-order valence-corrected chi connectivity index (χ2v) is 7.63. The van der Waals surface area contributed by atoms with Crippen molar-refractivity contribution in [2.45, 2.75) is 38.0 Å². The third kappa shape index (κ3) is 4.36. The van der Waals surface area contributed by atoms with E-state index in [0.717, 1.165) is 36.4 Å². The van der Waals surface area contributed by atoms with Crippen LogP contribution >= 0.6 is 0 Å². The molecule has 1 fully saturated rings. The molecule has 1 aromatic heterocycles. The Labute approximate surface area is 170 Å². The Bertz CT molecular complexity index is 899. The van der Waals surface area contributed by atoms with Crippen LogP contribution in [0.5, 0.6) is 0 Å². The summed E-state index contributed by atoms with van der Waals surface area (Å²) < 4.78 is 1.95. The SMILES string of the molecule is Cn1cnnc1C1CCN(C(=O)CCC(=O)N2CCC(c3ccccc3)=N2)CC1. The van der Waals surface area contributed by atoms with Crippen molar-refractivity contribution in [2.24, 2.45) is 12.1 Å². The van der Waals surface area contributed by atoms with Gasteiger partial charge in [0.05, 0.1) is 12.3 Å². The summed E-state index contributed by atoms with van der Waals surface area (Å²) in [6, 6.07) is 9.90. The molecule has 0 radical (unpaired) electrons. The highest BCUT2D eigenvalue weighted by Crippen LogP contribution is 2.26. The first kappa shape index (κ1) is 19.3. The standard InChI is InChI=1S/C21H26N6O2/c1-25-15-22-23-21(25)17-9-12-26(13-10-17)19(28)7-8-20(29)27-14-11-18(24-27)16-5-3-2-4-6-16/h2-6,15,17H,7-14H2,1H3. The van der Waals surface area contributed by atoms with Crippen molar-refractivity contribution in [3.63, 3.8) is 0 Å². The van der Waals surface area contributed by atoms with Crippen molar-refractivity contribution in [3.8, 4) is 0 Å². The monoisotopic (exact) mass is 394 g/mol. The van der Waals surface area contributed by atoms with Crippen molar-refractivity contribution < 1.29 is 9.59 Å². The molecular weight excluding hydrogens is 368 g/mol. The highest BCUT2D eigenvalue weighted by Gasteiger charge is 2.27. The zero-order valence-electron chi connectivity index (χ0n) is 16.7. The molecule has 0 spiro atoms. The molecule has 0 N–H and O–H groups in total. The van der Waals surface area contributed by atoms with Crippen molar-refractivity contribution in [3.05, 3.63) is 48.0 Å². The van der Waals surface area contributed by atoms with Gasteiger partial charge in [0.15, 0.2) is 0 Å². The van der Waals surface area contributed by atoms with Gasteiger partial charge >= 0.3 is 0 Å². The predicted octanol–water partition coefficient (Wildman–Crippen LogP) is 1.94. The van der Waals surface area contributed by atoms with Crippen LogP contribution in [0.25, 0.3) is 0 Å². The van der Waals surface area contributed by atoms with Crippen LogP contribution in [-0.4, -0.2) is 61.8 Å². The van der Waals surface area contributed by atoms with Crippen LogP contribution in [0, 0.1) is 0 Å². The van der Waals surface area contributed by atoms with E-state index in [1.807, 2.05) is 46.8 Å². The second kappa shape index (κ2) is 8.55. The normalized spacial score (nSPS) is 17.5. The zero-order valence-corrected chi connectivity index (χ0v) is 16.7. The van der Waals surface area contributed by atoms with E-state index in [0.29, 0.717) is 25.6 Å². The van der Waals surface area contributed by atoms with Crippen LogP contribution in [-0.2, 0) is 16.6 Å². The van der Waals surface area contributed by atoms with Gasteiger partial charge < -0.3 is 9.47 Å². The van der Waals surface area contributed by atoms with E-state index in [-0.39, 0.29) is 24.7 Å². The highest BCUT2D eigenvalue weighted by molar-refractivity contribution is 6.02. The predicted molar refractivity (Wildman–Crippen MR) is 108 cm³/mol. The maximum Gasteiger partial charge on any atom is 0.243 e. The number of hydrazone groups is 1. The third-order valence-corrected chi connectivity index (χ3v) is 5.71. The minimum atomic E-state index is -0.0850. The number of rotatable bonds is 5. The first-order valence-corrected chi connectivity index (χ1v) is 10.2. The summed E-state index contributed by atoms with van der Waals surface area (Å²) in [5.74, 6) is 1.27. The maximum absolute atomic E-state index is 12.5. The van der Waals surface area contributed by atoms with E-state index in [2.05, 4.69) is 15.3 Å². The van der Waals surface area contributed by atoms with Gasteiger partial charge in [-0.2, -0.15) is 5.10 Å². The Morgan fingerprint density at radius 3 is 2.45 bits per heavy atom. The smallest absolute Gasteiger partial charge is 0.243 e. The Morgan fingerprint density at radius 2 is 1.76 bits per heavy atom. The lowest BCUT2D eigenvalue weighted by Crippen LogP contribution is -2.38. The second-order valence-electron chi connectivity index (χ2n) is 7.63. The summed E-state index contributed by atoms with van der Waals surface area (Å²) in [6.07, 6.45) is 4.65. The summed E-state index contributed by atoms with van der Waals surface area (Å²) in [7, 11) is 1.95. The van der Waals surface area contributed by atoms with Gasteiger partial charge in [0, 0.05) is 45.3 Å². The summed E-state index contributed by atoms with van der Waals surface area (Å²) in [5.41, 5.74) is 1.97. The van der Waals surface area contributed by atoms with Crippen LogP contribution in [0.15, 0.2) is 41.8 Å². The van der Waals surface area contributed by atoms with E-state index in [4.69, 9.17) is 0 Å². The lowest BCUT2D eigenvalue weighted by Gasteiger charge is -2.31. The zero-order chi connectivity index (χ0) is 20.2. The number of carbonyl (C=O) groups excluding carboxylic acids is 2. The molecule has 2 aromatic rings. The Balaban J connectivity index is 1.24. The van der Waals surface area contributed by atoms with Gasteiger partial charge in [0.25, 0.3) is 0 Å². The fourth-order valence-electron chi connectivity index (χ4n) is 4.02. The molecule has 152 valence electrons. The maximum atomic E-state index is 12.5. The number of nitrogens with zero attached hydrogens (tertiary/aromatic N) is 6. The fourth-order valence-corrected chi connectivity index (χ4v) is 4.02. The molecule has 0 aliphatic carbocycles. The Hall–Kier alpha value is -3.03. The van der Waals surface area contributed by atoms with Crippen LogP contribution in [0.1, 0.15) is 49.4 Å². The summed E-state index contributed by atoms with van der Waals surface area (Å²) >= 11 is 0. The van der Waals surface area contributed by atoms with Gasteiger partial charge in [0.2, 0.25) is 11.8 Å². The number of aromatic nitrogens is 3. The van der Waals surface area contributed by atoms with Crippen molar-refractivity contribution in [1.82, 2.24) is 24.7 Å². The van der Waals surface area contributed by atoms with E-state index in [9.17, 15) is 9.59 Å². The molecule has 0 saturated carbocycles. The molecule has 3 heterocycles. The number of aryl methyl sites for hydroxylation is 1. The van der Waals surface area contributed by atoms with Gasteiger partial charge in [-0.25, -0.2) is 5.01 Å². The molecule has 1 aromatic carbocycles. The molecule has 0 bridgehead atoms. The molecule has 8 nitrogen and oxygen atoms in total. The lowest BCUT2D eigenvalue weighted by molar-refractivity contribution is -0.137. The Kier molecular flexibility index (Phi) is 5.69. The number of hydrogen-bond donors (Lipinski definition) is 0. The minimum Gasteiger partial charge on any atom is -0.343 e. The van der Waals surface area contributed by atoms with E-state index >= 15 is 0 Å². The molecule has 8 heteroatoms. The number of piperidine rings is 1. The van der Waals surface area contributed by atoms with Crippen LogP contribution in [0.3, 0.4) is 0 Å². The van der Waals surface area contributed by atoms with Crippen molar-refractivity contribution in [2.75, 3.05) is 19.6 Å².